The van der Waals surface area contributed by atoms with Crippen molar-refractivity contribution in [3.8, 4) is 0 Å². The van der Waals surface area contributed by atoms with Gasteiger partial charge in [0.1, 0.15) is 11.9 Å². The molecule has 1 aliphatic rings. The molecule has 8 heteroatoms. The smallest absolute Gasteiger partial charge is 0.262 e. The fourth-order valence-electron chi connectivity index (χ4n) is 4.55. The van der Waals surface area contributed by atoms with Gasteiger partial charge in [0.05, 0.1) is 28.2 Å². The molecule has 36 heavy (non-hydrogen) atoms. The molecule has 2 heterocycles. The highest BCUT2D eigenvalue weighted by atomic mass is 32.2. The minimum absolute atomic E-state index is 0.216. The maximum absolute atomic E-state index is 13.8. The molecule has 3 amide bonds. The molecule has 2 atom stereocenters. The predicted octanol–water partition coefficient (Wildman–Crippen LogP) is 4.38. The zero-order valence-corrected chi connectivity index (χ0v) is 20.6. The molecule has 0 saturated heterocycles. The Labute approximate surface area is 213 Å². The Balaban J connectivity index is 1.47. The Hall–Kier alpha value is -3.91. The van der Waals surface area contributed by atoms with E-state index in [0.717, 1.165) is 27.2 Å². The van der Waals surface area contributed by atoms with Crippen LogP contribution in [0.5, 0.6) is 0 Å². The second kappa shape index (κ2) is 10.4. The molecule has 4 aromatic rings. The van der Waals surface area contributed by atoms with E-state index >= 15 is 0 Å². The third kappa shape index (κ3) is 4.64. The van der Waals surface area contributed by atoms with Crippen LogP contribution >= 0.6 is 11.8 Å². The summed E-state index contributed by atoms with van der Waals surface area (Å²) in [6.07, 6.45) is 2.87. The Bertz CT molecular complexity index is 1350. The first-order chi connectivity index (χ1) is 17.6. The summed E-state index contributed by atoms with van der Waals surface area (Å²) in [7, 11) is 0. The molecule has 0 spiro atoms. The second-order valence-corrected chi connectivity index (χ2v) is 9.70. The van der Waals surface area contributed by atoms with Gasteiger partial charge in [0.25, 0.3) is 11.8 Å². The summed E-state index contributed by atoms with van der Waals surface area (Å²) in [6, 6.07) is 22.4. The molecule has 1 aliphatic heterocycles. The van der Waals surface area contributed by atoms with E-state index in [0.29, 0.717) is 23.4 Å². The summed E-state index contributed by atoms with van der Waals surface area (Å²) in [5, 5.41) is 3.10. The summed E-state index contributed by atoms with van der Waals surface area (Å²) >= 11 is 1.68. The van der Waals surface area contributed by atoms with Gasteiger partial charge in [-0.15, -0.1) is 0 Å². The SMILES string of the molecule is CSCC[C@@H](NC(=O)[C@@H](Cc1ccccc1)N1C(=O)c2ccccc2C1=O)c1nc2ccccc2[nH]1. The van der Waals surface area contributed by atoms with Gasteiger partial charge >= 0.3 is 0 Å². The highest BCUT2D eigenvalue weighted by Gasteiger charge is 2.43. The topological polar surface area (TPSA) is 95.2 Å². The Kier molecular flexibility index (Phi) is 6.86. The molecular weight excluding hydrogens is 472 g/mol. The van der Waals surface area contributed by atoms with Gasteiger partial charge in [0, 0.05) is 6.42 Å². The lowest BCUT2D eigenvalue weighted by atomic mass is 10.0. The lowest BCUT2D eigenvalue weighted by Crippen LogP contribution is -2.51. The van der Waals surface area contributed by atoms with Crippen LogP contribution in [-0.4, -0.2) is 50.6 Å². The average Bonchev–Trinajstić information content (AvgIpc) is 3.45. The number of carbonyl (C=O) groups is 3. The summed E-state index contributed by atoms with van der Waals surface area (Å²) in [5.74, 6) is 0.171. The van der Waals surface area contributed by atoms with Gasteiger partial charge in [-0.3, -0.25) is 19.3 Å². The minimum Gasteiger partial charge on any atom is -0.344 e. The maximum atomic E-state index is 13.8. The molecule has 0 fully saturated rings. The summed E-state index contributed by atoms with van der Waals surface area (Å²) in [5.41, 5.74) is 3.21. The number of amides is 3. The molecule has 0 unspecified atom stereocenters. The zero-order valence-electron chi connectivity index (χ0n) is 19.8. The molecule has 182 valence electrons. The Morgan fingerprint density at radius 1 is 0.944 bits per heavy atom. The molecule has 0 saturated carbocycles. The van der Waals surface area contributed by atoms with Crippen molar-refractivity contribution in [2.24, 2.45) is 0 Å². The molecule has 2 N–H and O–H groups in total. The number of imide groups is 1. The van der Waals surface area contributed by atoms with E-state index < -0.39 is 23.9 Å². The van der Waals surface area contributed by atoms with Crippen LogP contribution in [0, 0.1) is 0 Å². The number of imidazole rings is 1. The Morgan fingerprint density at radius 3 is 2.25 bits per heavy atom. The van der Waals surface area contributed by atoms with Crippen LogP contribution in [0.4, 0.5) is 0 Å². The number of benzene rings is 3. The normalized spacial score (nSPS) is 14.6. The largest absolute Gasteiger partial charge is 0.344 e. The number of carbonyl (C=O) groups excluding carboxylic acids is 3. The monoisotopic (exact) mass is 498 g/mol. The van der Waals surface area contributed by atoms with Crippen LogP contribution in [0.25, 0.3) is 11.0 Å². The predicted molar refractivity (Wildman–Crippen MR) is 141 cm³/mol. The van der Waals surface area contributed by atoms with Gasteiger partial charge < -0.3 is 10.3 Å². The van der Waals surface area contributed by atoms with Crippen molar-refractivity contribution in [2.45, 2.75) is 24.9 Å². The average molecular weight is 499 g/mol. The second-order valence-electron chi connectivity index (χ2n) is 8.71. The van der Waals surface area contributed by atoms with E-state index in [4.69, 9.17) is 4.98 Å². The minimum atomic E-state index is -0.999. The number of rotatable bonds is 9. The third-order valence-electron chi connectivity index (χ3n) is 6.38. The van der Waals surface area contributed by atoms with Gasteiger partial charge in [-0.1, -0.05) is 54.6 Å². The number of thioether (sulfide) groups is 1. The highest BCUT2D eigenvalue weighted by Crippen LogP contribution is 2.27. The molecule has 0 aliphatic carbocycles. The number of fused-ring (bicyclic) bond motifs is 2. The van der Waals surface area contributed by atoms with E-state index in [1.807, 2.05) is 60.9 Å². The summed E-state index contributed by atoms with van der Waals surface area (Å²) in [4.78, 5) is 49.5. The van der Waals surface area contributed by atoms with E-state index in [1.165, 1.54) is 0 Å². The standard InChI is InChI=1S/C28H26N4O3S/c1-36-16-15-23(25-29-21-13-7-8-14-22(21)30-25)31-26(33)24(17-18-9-3-2-4-10-18)32-27(34)19-11-5-6-12-20(19)28(32)35/h2-14,23-24H,15-17H2,1H3,(H,29,30)(H,31,33)/t23-,24-/m1/s1. The summed E-state index contributed by atoms with van der Waals surface area (Å²) in [6.45, 7) is 0. The first kappa shape index (κ1) is 23.8. The lowest BCUT2D eigenvalue weighted by Gasteiger charge is -2.27. The quantitative estimate of drug-likeness (QED) is 0.334. The van der Waals surface area contributed by atoms with E-state index in [1.54, 1.807) is 36.0 Å². The van der Waals surface area contributed by atoms with Gasteiger partial charge in [-0.05, 0) is 48.3 Å². The van der Waals surface area contributed by atoms with Crippen molar-refractivity contribution in [3.05, 3.63) is 101 Å². The molecule has 0 radical (unpaired) electrons. The van der Waals surface area contributed by atoms with Crippen molar-refractivity contribution >= 4 is 40.5 Å². The van der Waals surface area contributed by atoms with Gasteiger partial charge in [0.2, 0.25) is 5.91 Å². The fraction of sp³-hybridized carbons (Fsp3) is 0.214. The van der Waals surface area contributed by atoms with Crippen LogP contribution in [-0.2, 0) is 11.2 Å². The van der Waals surface area contributed by atoms with Crippen LogP contribution in [0.2, 0.25) is 0 Å². The van der Waals surface area contributed by atoms with Crippen molar-refractivity contribution < 1.29 is 14.4 Å². The molecule has 0 bridgehead atoms. The number of H-pyrrole nitrogens is 1. The highest BCUT2D eigenvalue weighted by molar-refractivity contribution is 7.98. The van der Waals surface area contributed by atoms with Crippen molar-refractivity contribution in [3.63, 3.8) is 0 Å². The number of nitrogens with one attached hydrogen (secondary N) is 2. The van der Waals surface area contributed by atoms with E-state index in [2.05, 4.69) is 10.3 Å². The molecule has 5 rings (SSSR count). The molecule has 7 nitrogen and oxygen atoms in total. The van der Waals surface area contributed by atoms with Crippen LogP contribution in [0.3, 0.4) is 0 Å². The number of hydrogen-bond donors (Lipinski definition) is 2. The zero-order chi connectivity index (χ0) is 25.1. The number of hydrogen-bond acceptors (Lipinski definition) is 5. The first-order valence-electron chi connectivity index (χ1n) is 11.8. The van der Waals surface area contributed by atoms with Gasteiger partial charge in [-0.2, -0.15) is 11.8 Å². The lowest BCUT2D eigenvalue weighted by molar-refractivity contribution is -0.125. The number of aromatic amines is 1. The summed E-state index contributed by atoms with van der Waals surface area (Å²) < 4.78 is 0. The fourth-order valence-corrected chi connectivity index (χ4v) is 5.02. The van der Waals surface area contributed by atoms with Crippen molar-refractivity contribution in [1.29, 1.82) is 0 Å². The number of nitrogens with zero attached hydrogens (tertiary/aromatic N) is 2. The number of aromatic nitrogens is 2. The van der Waals surface area contributed by atoms with Crippen LogP contribution < -0.4 is 5.32 Å². The molecular formula is C28H26N4O3S. The molecule has 3 aromatic carbocycles. The van der Waals surface area contributed by atoms with E-state index in [-0.39, 0.29) is 12.3 Å². The maximum Gasteiger partial charge on any atom is 0.262 e. The van der Waals surface area contributed by atoms with Crippen LogP contribution in [0.15, 0.2) is 78.9 Å². The third-order valence-corrected chi connectivity index (χ3v) is 7.02. The van der Waals surface area contributed by atoms with Crippen molar-refractivity contribution in [1.82, 2.24) is 20.2 Å². The van der Waals surface area contributed by atoms with Crippen molar-refractivity contribution in [2.75, 3.05) is 12.0 Å². The van der Waals surface area contributed by atoms with Crippen LogP contribution in [0.1, 0.15) is 44.6 Å². The molecule has 1 aromatic heterocycles. The van der Waals surface area contributed by atoms with E-state index in [9.17, 15) is 14.4 Å². The Morgan fingerprint density at radius 2 is 1.58 bits per heavy atom. The number of para-hydroxylation sites is 2. The first-order valence-corrected chi connectivity index (χ1v) is 13.2. The van der Waals surface area contributed by atoms with Gasteiger partial charge in [-0.25, -0.2) is 4.98 Å². The van der Waals surface area contributed by atoms with Gasteiger partial charge in [0.15, 0.2) is 0 Å².